The average molecular weight is 284 g/mol. The zero-order chi connectivity index (χ0) is 14.8. The summed E-state index contributed by atoms with van der Waals surface area (Å²) < 4.78 is 43.6. The summed E-state index contributed by atoms with van der Waals surface area (Å²) in [6.45, 7) is 4.88. The molecule has 3 nitrogen and oxygen atoms in total. The first kappa shape index (κ1) is 14.4. The van der Waals surface area contributed by atoms with Gasteiger partial charge in [0.05, 0.1) is 23.5 Å². The normalized spacial score (nSPS) is 16.4. The number of rotatable bonds is 2. The lowest BCUT2D eigenvalue weighted by Crippen LogP contribution is -2.17. The van der Waals surface area contributed by atoms with Crippen LogP contribution in [0.3, 0.4) is 0 Å². The van der Waals surface area contributed by atoms with Crippen molar-refractivity contribution in [3.63, 3.8) is 0 Å². The summed E-state index contributed by atoms with van der Waals surface area (Å²) in [6, 6.07) is 4.82. The van der Waals surface area contributed by atoms with Gasteiger partial charge in [-0.15, -0.1) is 0 Å². The Morgan fingerprint density at radius 3 is 2.70 bits per heavy atom. The number of nitrogens with zero attached hydrogens (tertiary/aromatic N) is 1. The van der Waals surface area contributed by atoms with Crippen LogP contribution in [0.5, 0.6) is 5.75 Å². The summed E-state index contributed by atoms with van der Waals surface area (Å²) in [6.07, 6.45) is -4.38. The van der Waals surface area contributed by atoms with Crippen LogP contribution in [0.4, 0.5) is 13.2 Å². The van der Waals surface area contributed by atoms with E-state index in [1.54, 1.807) is 6.92 Å². The van der Waals surface area contributed by atoms with Gasteiger partial charge in [0.2, 0.25) is 0 Å². The summed E-state index contributed by atoms with van der Waals surface area (Å²) >= 11 is 0. The van der Waals surface area contributed by atoms with Crippen molar-refractivity contribution in [2.75, 3.05) is 13.1 Å². The zero-order valence-corrected chi connectivity index (χ0v) is 11.2. The molecule has 0 unspecified atom stereocenters. The van der Waals surface area contributed by atoms with Crippen molar-refractivity contribution in [3.05, 3.63) is 41.3 Å². The second-order valence-corrected chi connectivity index (χ2v) is 4.48. The molecule has 1 N–H and O–H groups in total. The third-order valence-electron chi connectivity index (χ3n) is 2.90. The highest BCUT2D eigenvalue weighted by molar-refractivity contribution is 5.97. The monoisotopic (exact) mass is 284 g/mol. The molecular weight excluding hydrogens is 269 g/mol. The minimum absolute atomic E-state index is 0.146. The number of allylic oxidation sites excluding steroid dienone is 2. The fourth-order valence-electron chi connectivity index (χ4n) is 1.89. The van der Waals surface area contributed by atoms with Gasteiger partial charge in [0.1, 0.15) is 5.75 Å². The zero-order valence-electron chi connectivity index (χ0n) is 11.2. The van der Waals surface area contributed by atoms with E-state index >= 15 is 0 Å². The number of nitrogens with one attached hydrogen (secondary N) is 1. The van der Waals surface area contributed by atoms with E-state index in [1.165, 1.54) is 12.1 Å². The fraction of sp³-hybridized carbons (Fsp3) is 0.357. The molecule has 0 amide bonds. The predicted octanol–water partition coefficient (Wildman–Crippen LogP) is 3.38. The van der Waals surface area contributed by atoms with E-state index in [9.17, 15) is 13.2 Å². The number of aliphatic imine (C=N–C) groups is 1. The van der Waals surface area contributed by atoms with Crippen molar-refractivity contribution in [1.82, 2.24) is 5.32 Å². The molecule has 2 rings (SSSR count). The van der Waals surface area contributed by atoms with Gasteiger partial charge in [-0.25, -0.2) is 0 Å². The topological polar surface area (TPSA) is 33.6 Å². The van der Waals surface area contributed by atoms with Crippen LogP contribution in [0.15, 0.2) is 40.7 Å². The minimum atomic E-state index is -4.38. The largest absolute Gasteiger partial charge is 0.454 e. The maximum atomic E-state index is 12.7. The molecule has 1 aliphatic rings. The van der Waals surface area contributed by atoms with Crippen LogP contribution in [0.2, 0.25) is 0 Å². The second kappa shape index (κ2) is 5.56. The van der Waals surface area contributed by atoms with Crippen molar-refractivity contribution in [3.8, 4) is 5.75 Å². The van der Waals surface area contributed by atoms with Gasteiger partial charge in [-0.05, 0) is 32.0 Å². The molecule has 1 aromatic rings. The van der Waals surface area contributed by atoms with Gasteiger partial charge in [-0.1, -0.05) is 6.07 Å². The smallest absolute Gasteiger partial charge is 0.416 e. The van der Waals surface area contributed by atoms with E-state index in [2.05, 4.69) is 10.3 Å². The Morgan fingerprint density at radius 2 is 2.00 bits per heavy atom. The summed E-state index contributed by atoms with van der Waals surface area (Å²) in [5, 5.41) is 3.11. The van der Waals surface area contributed by atoms with Gasteiger partial charge >= 0.3 is 6.18 Å². The summed E-state index contributed by atoms with van der Waals surface area (Å²) in [4.78, 5) is 4.27. The summed E-state index contributed by atoms with van der Waals surface area (Å²) in [5.41, 5.74) is 0.704. The summed E-state index contributed by atoms with van der Waals surface area (Å²) in [7, 11) is 0. The third kappa shape index (κ3) is 3.31. The maximum absolute atomic E-state index is 12.7. The molecule has 0 atom stereocenters. The Bertz CT molecular complexity index is 562. The molecular formula is C14H15F3N2O. The van der Waals surface area contributed by atoms with E-state index in [0.717, 1.165) is 17.8 Å². The number of hydrogen-bond donors (Lipinski definition) is 1. The molecule has 0 saturated carbocycles. The van der Waals surface area contributed by atoms with E-state index in [0.29, 0.717) is 24.6 Å². The van der Waals surface area contributed by atoms with Crippen molar-refractivity contribution < 1.29 is 17.9 Å². The quantitative estimate of drug-likeness (QED) is 0.903. The van der Waals surface area contributed by atoms with Gasteiger partial charge in [0.25, 0.3) is 0 Å². The molecule has 0 saturated heterocycles. The highest BCUT2D eigenvalue weighted by atomic mass is 19.4. The average Bonchev–Trinajstić information content (AvgIpc) is 2.53. The number of ether oxygens (including phenoxy) is 1. The first-order valence-corrected chi connectivity index (χ1v) is 6.19. The Labute approximate surface area is 115 Å². The highest BCUT2D eigenvalue weighted by Crippen LogP contribution is 2.32. The Kier molecular flexibility index (Phi) is 4.01. The van der Waals surface area contributed by atoms with E-state index in [1.807, 2.05) is 6.92 Å². The predicted molar refractivity (Wildman–Crippen MR) is 70.8 cm³/mol. The standard InChI is InChI=1S/C14H15F3N2O/c1-9-13(10(2)19-7-6-18-9)20-12-5-3-4-11(8-12)14(15,16)17/h3-5,8,18H,6-7H2,1-2H3. The molecule has 1 aromatic carbocycles. The molecule has 1 heterocycles. The van der Waals surface area contributed by atoms with E-state index in [4.69, 9.17) is 4.74 Å². The number of alkyl halides is 3. The van der Waals surface area contributed by atoms with Gasteiger partial charge in [0.15, 0.2) is 5.76 Å². The minimum Gasteiger partial charge on any atom is -0.454 e. The van der Waals surface area contributed by atoms with Gasteiger partial charge in [-0.2, -0.15) is 13.2 Å². The molecule has 1 aliphatic heterocycles. The Balaban J connectivity index is 2.30. The van der Waals surface area contributed by atoms with Gasteiger partial charge in [-0.3, -0.25) is 4.99 Å². The molecule has 0 fully saturated rings. The molecule has 0 aromatic heterocycles. The van der Waals surface area contributed by atoms with Crippen molar-refractivity contribution in [2.45, 2.75) is 20.0 Å². The van der Waals surface area contributed by atoms with E-state index in [-0.39, 0.29) is 5.75 Å². The third-order valence-corrected chi connectivity index (χ3v) is 2.90. The molecule has 0 spiro atoms. The molecule has 6 heteroatoms. The molecule has 0 radical (unpaired) electrons. The Hall–Kier alpha value is -1.98. The molecule has 20 heavy (non-hydrogen) atoms. The second-order valence-electron chi connectivity index (χ2n) is 4.48. The van der Waals surface area contributed by atoms with Crippen LogP contribution in [-0.2, 0) is 6.18 Å². The highest BCUT2D eigenvalue weighted by Gasteiger charge is 2.30. The number of hydrogen-bond acceptors (Lipinski definition) is 3. The van der Waals surface area contributed by atoms with Crippen LogP contribution in [0.1, 0.15) is 19.4 Å². The lowest BCUT2D eigenvalue weighted by atomic mass is 10.2. The molecule has 108 valence electrons. The van der Waals surface area contributed by atoms with E-state index < -0.39 is 11.7 Å². The van der Waals surface area contributed by atoms with Crippen LogP contribution in [-0.4, -0.2) is 18.8 Å². The summed E-state index contributed by atoms with van der Waals surface area (Å²) in [5.74, 6) is 0.620. The SMILES string of the molecule is CC1=NCCNC(C)=C1Oc1cccc(C(F)(F)F)c1. The maximum Gasteiger partial charge on any atom is 0.416 e. The number of benzene rings is 1. The first-order valence-electron chi connectivity index (χ1n) is 6.19. The van der Waals surface area contributed by atoms with Gasteiger partial charge in [0, 0.05) is 6.54 Å². The Morgan fingerprint density at radius 1 is 1.25 bits per heavy atom. The number of halogens is 3. The van der Waals surface area contributed by atoms with Crippen molar-refractivity contribution in [1.29, 1.82) is 0 Å². The van der Waals surface area contributed by atoms with Crippen LogP contribution in [0.25, 0.3) is 0 Å². The molecule has 0 bridgehead atoms. The van der Waals surface area contributed by atoms with Crippen LogP contribution >= 0.6 is 0 Å². The van der Waals surface area contributed by atoms with Crippen molar-refractivity contribution >= 4 is 5.71 Å². The van der Waals surface area contributed by atoms with Gasteiger partial charge < -0.3 is 10.1 Å². The van der Waals surface area contributed by atoms with Crippen LogP contribution in [0, 0.1) is 0 Å². The van der Waals surface area contributed by atoms with Crippen molar-refractivity contribution in [2.24, 2.45) is 4.99 Å². The lowest BCUT2D eigenvalue weighted by molar-refractivity contribution is -0.137. The first-order chi connectivity index (χ1) is 9.38. The fourth-order valence-corrected chi connectivity index (χ4v) is 1.89. The van der Waals surface area contributed by atoms with Crippen LogP contribution < -0.4 is 10.1 Å². The molecule has 0 aliphatic carbocycles. The lowest BCUT2D eigenvalue weighted by Gasteiger charge is -2.14.